The minimum absolute atomic E-state index is 0.0357. The van der Waals surface area contributed by atoms with Crippen molar-refractivity contribution in [2.45, 2.75) is 72.4 Å². The molecule has 1 heterocycles. The molecule has 0 saturated heterocycles. The quantitative estimate of drug-likeness (QED) is 0.695. The lowest BCUT2D eigenvalue weighted by Gasteiger charge is -2.37. The summed E-state index contributed by atoms with van der Waals surface area (Å²) in [5, 5.41) is 0. The molecular weight excluding hydrogens is 324 g/mol. The molecule has 1 aromatic carbocycles. The molecule has 4 atom stereocenters. The van der Waals surface area contributed by atoms with Gasteiger partial charge in [0.2, 0.25) is 0 Å². The molecule has 0 N–H and O–H groups in total. The lowest BCUT2D eigenvalue weighted by molar-refractivity contribution is -0.159. The van der Waals surface area contributed by atoms with Crippen LogP contribution in [0.5, 0.6) is 0 Å². The number of benzene rings is 1. The van der Waals surface area contributed by atoms with E-state index in [1.54, 1.807) is 0 Å². The van der Waals surface area contributed by atoms with Crippen LogP contribution < -0.4 is 0 Å². The van der Waals surface area contributed by atoms with Gasteiger partial charge in [0, 0.05) is 6.42 Å². The number of carbonyl (C=O) groups is 1. The molecular formula is C22H32N2O2. The number of nitrogens with zero attached hydrogens (tertiary/aromatic N) is 2. The van der Waals surface area contributed by atoms with Crippen molar-refractivity contribution in [2.75, 3.05) is 0 Å². The van der Waals surface area contributed by atoms with Crippen molar-refractivity contribution in [1.29, 1.82) is 0 Å². The molecule has 4 heteroatoms. The summed E-state index contributed by atoms with van der Waals surface area (Å²) in [5.41, 5.74) is 1.95. The standard InChI is InChI=1S/C22H32N2O2/c1-6-21-23-18-9-7-8-10-19(18)24(21)16(5)22(25)26-20-13-15(4)11-12-17(20)14(2)3/h7-10,14-17,20H,6,11-13H2,1-5H3/t15-,16+,17?,20-/m1/s1. The topological polar surface area (TPSA) is 44.1 Å². The van der Waals surface area contributed by atoms with Crippen LogP contribution >= 0.6 is 0 Å². The Balaban J connectivity index is 1.83. The fraction of sp³-hybridized carbons (Fsp3) is 0.636. The molecule has 1 aromatic heterocycles. The summed E-state index contributed by atoms with van der Waals surface area (Å²) in [7, 11) is 0. The molecule has 1 aliphatic rings. The smallest absolute Gasteiger partial charge is 0.329 e. The van der Waals surface area contributed by atoms with Crippen molar-refractivity contribution >= 4 is 17.0 Å². The molecule has 1 unspecified atom stereocenters. The highest BCUT2D eigenvalue weighted by Gasteiger charge is 2.35. The fourth-order valence-electron chi connectivity index (χ4n) is 4.38. The molecule has 0 spiro atoms. The lowest BCUT2D eigenvalue weighted by Crippen LogP contribution is -2.37. The van der Waals surface area contributed by atoms with E-state index in [9.17, 15) is 4.79 Å². The minimum Gasteiger partial charge on any atom is -0.461 e. The molecule has 26 heavy (non-hydrogen) atoms. The Morgan fingerprint density at radius 1 is 1.27 bits per heavy atom. The first-order chi connectivity index (χ1) is 12.4. The molecule has 3 rings (SSSR count). The van der Waals surface area contributed by atoms with Crippen LogP contribution in [0.25, 0.3) is 11.0 Å². The number of hydrogen-bond acceptors (Lipinski definition) is 3. The second kappa shape index (κ2) is 7.81. The SMILES string of the molecule is CCc1nc2ccccc2n1[C@@H](C)C(=O)O[C@@H]1C[C@H](C)CCC1C(C)C. The highest BCUT2D eigenvalue weighted by molar-refractivity contribution is 5.81. The van der Waals surface area contributed by atoms with Crippen LogP contribution in [0.1, 0.15) is 65.7 Å². The average Bonchev–Trinajstić information content (AvgIpc) is 2.99. The fourth-order valence-corrected chi connectivity index (χ4v) is 4.38. The molecule has 142 valence electrons. The Bertz CT molecular complexity index is 765. The van der Waals surface area contributed by atoms with Gasteiger partial charge in [0.15, 0.2) is 0 Å². The number of ether oxygens (including phenoxy) is 1. The van der Waals surface area contributed by atoms with Gasteiger partial charge in [0.1, 0.15) is 18.0 Å². The van der Waals surface area contributed by atoms with Crippen molar-refractivity contribution in [2.24, 2.45) is 17.8 Å². The zero-order chi connectivity index (χ0) is 18.8. The van der Waals surface area contributed by atoms with Crippen LogP contribution in [0.2, 0.25) is 0 Å². The van der Waals surface area contributed by atoms with Crippen molar-refractivity contribution in [1.82, 2.24) is 9.55 Å². The summed E-state index contributed by atoms with van der Waals surface area (Å²) in [6, 6.07) is 7.65. The van der Waals surface area contributed by atoms with Crippen LogP contribution in [0, 0.1) is 17.8 Å². The largest absolute Gasteiger partial charge is 0.461 e. The van der Waals surface area contributed by atoms with Crippen LogP contribution in [0.15, 0.2) is 24.3 Å². The number of aromatic nitrogens is 2. The Labute approximate surface area is 156 Å². The van der Waals surface area contributed by atoms with E-state index in [2.05, 4.69) is 27.7 Å². The van der Waals surface area contributed by atoms with Gasteiger partial charge in [0.05, 0.1) is 11.0 Å². The van der Waals surface area contributed by atoms with Gasteiger partial charge in [-0.2, -0.15) is 0 Å². The number of imidazole rings is 1. The third kappa shape index (κ3) is 3.65. The van der Waals surface area contributed by atoms with Crippen molar-refractivity contribution in [3.8, 4) is 0 Å². The summed E-state index contributed by atoms with van der Waals surface area (Å²) in [6.07, 6.45) is 4.19. The summed E-state index contributed by atoms with van der Waals surface area (Å²) < 4.78 is 8.13. The van der Waals surface area contributed by atoms with Crippen molar-refractivity contribution in [3.05, 3.63) is 30.1 Å². The normalized spacial score (nSPS) is 24.8. The van der Waals surface area contributed by atoms with E-state index in [4.69, 9.17) is 9.72 Å². The summed E-state index contributed by atoms with van der Waals surface area (Å²) in [6.45, 7) is 10.8. The Kier molecular flexibility index (Phi) is 5.69. The van der Waals surface area contributed by atoms with Crippen LogP contribution in [-0.2, 0) is 16.0 Å². The van der Waals surface area contributed by atoms with Gasteiger partial charge in [-0.05, 0) is 49.7 Å². The molecule has 1 fully saturated rings. The molecule has 2 aromatic rings. The van der Waals surface area contributed by atoms with Crippen LogP contribution in [0.3, 0.4) is 0 Å². The molecule has 4 nitrogen and oxygen atoms in total. The average molecular weight is 357 g/mol. The first-order valence-corrected chi connectivity index (χ1v) is 10.1. The van der Waals surface area contributed by atoms with E-state index in [0.29, 0.717) is 17.8 Å². The maximum absolute atomic E-state index is 13.0. The van der Waals surface area contributed by atoms with Gasteiger partial charge in [0.25, 0.3) is 0 Å². The Hall–Kier alpha value is -1.84. The summed E-state index contributed by atoms with van der Waals surface area (Å²) in [5.74, 6) is 2.43. The summed E-state index contributed by atoms with van der Waals surface area (Å²) in [4.78, 5) is 17.7. The Morgan fingerprint density at radius 3 is 2.69 bits per heavy atom. The number of rotatable bonds is 5. The zero-order valence-electron chi connectivity index (χ0n) is 16.7. The maximum Gasteiger partial charge on any atom is 0.329 e. The molecule has 1 aliphatic carbocycles. The van der Waals surface area contributed by atoms with Gasteiger partial charge < -0.3 is 9.30 Å². The first-order valence-electron chi connectivity index (χ1n) is 10.1. The maximum atomic E-state index is 13.0. The highest BCUT2D eigenvalue weighted by Crippen LogP contribution is 2.36. The predicted octanol–water partition coefficient (Wildman–Crippen LogP) is 5.16. The third-order valence-corrected chi connectivity index (χ3v) is 5.94. The van der Waals surface area contributed by atoms with Gasteiger partial charge in [-0.1, -0.05) is 46.2 Å². The molecule has 1 saturated carbocycles. The van der Waals surface area contributed by atoms with Crippen LogP contribution in [-0.4, -0.2) is 21.6 Å². The molecule has 0 radical (unpaired) electrons. The van der Waals surface area contributed by atoms with Gasteiger partial charge in [-0.25, -0.2) is 9.78 Å². The second-order valence-corrected chi connectivity index (χ2v) is 8.22. The van der Waals surface area contributed by atoms with E-state index in [-0.39, 0.29) is 18.1 Å². The Morgan fingerprint density at radius 2 is 2.00 bits per heavy atom. The number of aryl methyl sites for hydroxylation is 1. The number of esters is 1. The number of fused-ring (bicyclic) bond motifs is 1. The minimum atomic E-state index is -0.359. The highest BCUT2D eigenvalue weighted by atomic mass is 16.5. The number of hydrogen-bond donors (Lipinski definition) is 0. The van der Waals surface area contributed by atoms with E-state index < -0.39 is 0 Å². The number of carbonyl (C=O) groups excluding carboxylic acids is 1. The zero-order valence-corrected chi connectivity index (χ0v) is 16.7. The van der Waals surface area contributed by atoms with Crippen LogP contribution in [0.4, 0.5) is 0 Å². The second-order valence-electron chi connectivity index (χ2n) is 8.22. The van der Waals surface area contributed by atoms with Crippen molar-refractivity contribution in [3.63, 3.8) is 0 Å². The van der Waals surface area contributed by atoms with Gasteiger partial charge in [-0.3, -0.25) is 0 Å². The van der Waals surface area contributed by atoms with Gasteiger partial charge >= 0.3 is 5.97 Å². The van der Waals surface area contributed by atoms with E-state index in [1.807, 2.05) is 35.8 Å². The van der Waals surface area contributed by atoms with E-state index in [0.717, 1.165) is 36.1 Å². The third-order valence-electron chi connectivity index (χ3n) is 5.94. The summed E-state index contributed by atoms with van der Waals surface area (Å²) >= 11 is 0. The monoisotopic (exact) mass is 356 g/mol. The molecule has 0 aliphatic heterocycles. The van der Waals surface area contributed by atoms with Gasteiger partial charge in [-0.15, -0.1) is 0 Å². The molecule has 0 amide bonds. The van der Waals surface area contributed by atoms with E-state index in [1.165, 1.54) is 6.42 Å². The van der Waals surface area contributed by atoms with Crippen molar-refractivity contribution < 1.29 is 9.53 Å². The van der Waals surface area contributed by atoms with E-state index >= 15 is 0 Å². The predicted molar refractivity (Wildman–Crippen MR) is 105 cm³/mol. The first kappa shape index (κ1) is 18.9. The lowest BCUT2D eigenvalue weighted by atomic mass is 9.75. The number of para-hydroxylation sites is 2. The molecule has 0 bridgehead atoms.